The predicted octanol–water partition coefficient (Wildman–Crippen LogP) is 4.69. The predicted molar refractivity (Wildman–Crippen MR) is 132 cm³/mol. The number of hydrogen-bond donors (Lipinski definition) is 1. The van der Waals surface area contributed by atoms with E-state index in [1.54, 1.807) is 31.2 Å². The largest absolute Gasteiger partial charge is 0.496 e. The van der Waals surface area contributed by atoms with Gasteiger partial charge in [0.15, 0.2) is 0 Å². The number of amides is 1. The smallest absolute Gasteiger partial charge is 0.269 e. The average molecular weight is 470 g/mol. The normalized spacial score (nSPS) is 10.6. The summed E-state index contributed by atoms with van der Waals surface area (Å²) in [6, 6.07) is 19.7. The van der Waals surface area contributed by atoms with Crippen molar-refractivity contribution >= 4 is 17.4 Å². The minimum atomic E-state index is -0.554. The monoisotopic (exact) mass is 470 g/mol. The van der Waals surface area contributed by atoms with Crippen LogP contribution in [0.1, 0.15) is 21.6 Å². The van der Waals surface area contributed by atoms with Crippen molar-refractivity contribution < 1.29 is 14.5 Å². The number of ether oxygens (including phenoxy) is 1. The maximum Gasteiger partial charge on any atom is 0.269 e. The molecule has 0 unspecified atom stereocenters. The number of nitrogens with zero attached hydrogens (tertiary/aromatic N) is 3. The lowest BCUT2D eigenvalue weighted by Crippen LogP contribution is -2.25. The Morgan fingerprint density at radius 1 is 1.00 bits per heavy atom. The van der Waals surface area contributed by atoms with Crippen LogP contribution in [0.4, 0.5) is 11.5 Å². The molecule has 4 rings (SSSR count). The highest BCUT2D eigenvalue weighted by atomic mass is 16.6. The number of hydrogen-bond acceptors (Lipinski definition) is 6. The summed E-state index contributed by atoms with van der Waals surface area (Å²) >= 11 is 0. The Bertz CT molecular complexity index is 1480. The summed E-state index contributed by atoms with van der Waals surface area (Å²) in [6.45, 7) is 3.55. The molecule has 1 heterocycles. The standard InChI is InChI=1S/C26H22N4O5/c1-16-8-12-19(13-9-16)29-25(27-26(32)18-10-14-20(15-11-18)30(33)34)23(24(31)17(2)28-29)21-6-4-5-7-22(21)35-3/h4-15H,1-3H3,(H,27,32). The first-order chi connectivity index (χ1) is 16.8. The fraction of sp³-hybridized carbons (Fsp3) is 0.115. The van der Waals surface area contributed by atoms with E-state index in [0.717, 1.165) is 5.56 Å². The molecule has 0 radical (unpaired) electrons. The van der Waals surface area contributed by atoms with Gasteiger partial charge in [0, 0.05) is 23.3 Å². The highest BCUT2D eigenvalue weighted by Gasteiger charge is 2.23. The number of benzene rings is 3. The Morgan fingerprint density at radius 3 is 2.29 bits per heavy atom. The molecule has 0 saturated heterocycles. The second kappa shape index (κ2) is 9.60. The Labute approximate surface area is 200 Å². The number of aromatic nitrogens is 2. The zero-order chi connectivity index (χ0) is 25.1. The van der Waals surface area contributed by atoms with Gasteiger partial charge in [-0.25, -0.2) is 4.68 Å². The molecule has 0 aliphatic heterocycles. The lowest BCUT2D eigenvalue weighted by Gasteiger charge is -2.19. The minimum Gasteiger partial charge on any atom is -0.496 e. The maximum atomic E-state index is 13.4. The van der Waals surface area contributed by atoms with Crippen LogP contribution in [0.25, 0.3) is 16.8 Å². The fourth-order valence-electron chi connectivity index (χ4n) is 3.64. The van der Waals surface area contributed by atoms with Crippen LogP contribution >= 0.6 is 0 Å². The van der Waals surface area contributed by atoms with E-state index in [4.69, 9.17) is 4.74 Å². The molecule has 9 heteroatoms. The first-order valence-corrected chi connectivity index (χ1v) is 10.7. The van der Waals surface area contributed by atoms with E-state index in [-0.39, 0.29) is 33.8 Å². The minimum absolute atomic E-state index is 0.134. The number of carbonyl (C=O) groups excluding carboxylic acids is 1. The molecule has 0 fully saturated rings. The summed E-state index contributed by atoms with van der Waals surface area (Å²) < 4.78 is 6.99. The van der Waals surface area contributed by atoms with Crippen LogP contribution in [0.3, 0.4) is 0 Å². The van der Waals surface area contributed by atoms with E-state index in [2.05, 4.69) is 10.4 Å². The maximum absolute atomic E-state index is 13.4. The Balaban J connectivity index is 1.94. The SMILES string of the molecule is COc1ccccc1-c1c(NC(=O)c2ccc([N+](=O)[O-])cc2)n(-c2ccc(C)cc2)nc(C)c1=O. The van der Waals surface area contributed by atoms with Gasteiger partial charge in [0.1, 0.15) is 17.3 Å². The number of para-hydroxylation sites is 1. The number of nitro groups is 1. The van der Waals surface area contributed by atoms with Gasteiger partial charge in [-0.2, -0.15) is 5.10 Å². The van der Waals surface area contributed by atoms with Crippen molar-refractivity contribution in [2.24, 2.45) is 0 Å². The van der Waals surface area contributed by atoms with Gasteiger partial charge in [-0.15, -0.1) is 0 Å². The Hall–Kier alpha value is -4.79. The molecule has 3 aromatic carbocycles. The van der Waals surface area contributed by atoms with Crippen LogP contribution in [0.5, 0.6) is 5.75 Å². The van der Waals surface area contributed by atoms with E-state index < -0.39 is 10.8 Å². The summed E-state index contributed by atoms with van der Waals surface area (Å²) in [5.74, 6) is 0.0516. The molecule has 35 heavy (non-hydrogen) atoms. The van der Waals surface area contributed by atoms with Gasteiger partial charge in [-0.3, -0.25) is 19.7 Å². The summed E-state index contributed by atoms with van der Waals surface area (Å²) in [5.41, 5.74) is 2.30. The van der Waals surface area contributed by atoms with Crippen LogP contribution in [0.15, 0.2) is 77.6 Å². The van der Waals surface area contributed by atoms with Gasteiger partial charge in [0.25, 0.3) is 11.6 Å². The number of rotatable bonds is 6. The lowest BCUT2D eigenvalue weighted by atomic mass is 10.0. The molecule has 0 atom stereocenters. The average Bonchev–Trinajstić information content (AvgIpc) is 2.87. The van der Waals surface area contributed by atoms with Gasteiger partial charge in [0.2, 0.25) is 5.43 Å². The van der Waals surface area contributed by atoms with Crippen molar-refractivity contribution in [3.8, 4) is 22.6 Å². The number of nitrogens with one attached hydrogen (secondary N) is 1. The van der Waals surface area contributed by atoms with E-state index in [1.807, 2.05) is 31.2 Å². The highest BCUT2D eigenvalue weighted by molar-refractivity contribution is 6.06. The Morgan fingerprint density at radius 2 is 1.66 bits per heavy atom. The molecule has 1 amide bonds. The topological polar surface area (TPSA) is 116 Å². The third kappa shape index (κ3) is 4.65. The molecule has 0 aliphatic rings. The number of anilines is 1. The molecule has 9 nitrogen and oxygen atoms in total. The van der Waals surface area contributed by atoms with Crippen molar-refractivity contribution in [3.05, 3.63) is 110 Å². The zero-order valence-electron chi connectivity index (χ0n) is 19.3. The van der Waals surface area contributed by atoms with E-state index in [0.29, 0.717) is 17.0 Å². The van der Waals surface area contributed by atoms with Gasteiger partial charge < -0.3 is 10.1 Å². The second-order valence-electron chi connectivity index (χ2n) is 7.84. The first kappa shape index (κ1) is 23.4. The lowest BCUT2D eigenvalue weighted by molar-refractivity contribution is -0.384. The molecule has 0 spiro atoms. The van der Waals surface area contributed by atoms with Crippen molar-refractivity contribution in [1.29, 1.82) is 0 Å². The quantitative estimate of drug-likeness (QED) is 0.323. The summed E-state index contributed by atoms with van der Waals surface area (Å²) in [7, 11) is 1.50. The molecule has 0 bridgehead atoms. The summed E-state index contributed by atoms with van der Waals surface area (Å²) in [5, 5.41) is 18.2. The molecule has 176 valence electrons. The highest BCUT2D eigenvalue weighted by Crippen LogP contribution is 2.34. The molecular formula is C26H22N4O5. The Kier molecular flexibility index (Phi) is 6.41. The molecular weight excluding hydrogens is 448 g/mol. The van der Waals surface area contributed by atoms with Gasteiger partial charge in [-0.05, 0) is 44.2 Å². The van der Waals surface area contributed by atoms with Crippen LogP contribution in [-0.4, -0.2) is 27.7 Å². The van der Waals surface area contributed by atoms with Gasteiger partial charge in [0.05, 0.1) is 23.3 Å². The van der Waals surface area contributed by atoms with Crippen molar-refractivity contribution in [2.45, 2.75) is 13.8 Å². The third-order valence-corrected chi connectivity index (χ3v) is 5.48. The number of carbonyl (C=O) groups is 1. The van der Waals surface area contributed by atoms with Crippen LogP contribution in [0.2, 0.25) is 0 Å². The zero-order valence-corrected chi connectivity index (χ0v) is 19.3. The number of methoxy groups -OCH3 is 1. The first-order valence-electron chi connectivity index (χ1n) is 10.7. The molecule has 0 saturated carbocycles. The van der Waals surface area contributed by atoms with Crippen molar-refractivity contribution in [3.63, 3.8) is 0 Å². The van der Waals surface area contributed by atoms with Crippen molar-refractivity contribution in [2.75, 3.05) is 12.4 Å². The van der Waals surface area contributed by atoms with Crippen LogP contribution in [0, 0.1) is 24.0 Å². The van der Waals surface area contributed by atoms with Crippen molar-refractivity contribution in [1.82, 2.24) is 9.78 Å². The third-order valence-electron chi connectivity index (χ3n) is 5.48. The van der Waals surface area contributed by atoms with E-state index in [1.165, 1.54) is 36.1 Å². The molecule has 1 N–H and O–H groups in total. The fourth-order valence-corrected chi connectivity index (χ4v) is 3.64. The molecule has 1 aromatic heterocycles. The van der Waals surface area contributed by atoms with E-state index >= 15 is 0 Å². The van der Waals surface area contributed by atoms with E-state index in [9.17, 15) is 19.7 Å². The molecule has 4 aromatic rings. The summed E-state index contributed by atoms with van der Waals surface area (Å²) in [4.78, 5) is 37.0. The second-order valence-corrected chi connectivity index (χ2v) is 7.84. The van der Waals surface area contributed by atoms with Crippen LogP contribution in [-0.2, 0) is 0 Å². The number of nitro benzene ring substituents is 1. The van der Waals surface area contributed by atoms with Gasteiger partial charge in [-0.1, -0.05) is 35.9 Å². The van der Waals surface area contributed by atoms with Crippen LogP contribution < -0.4 is 15.5 Å². The number of non-ortho nitro benzene ring substituents is 1. The van der Waals surface area contributed by atoms with Gasteiger partial charge >= 0.3 is 0 Å². The number of aryl methyl sites for hydroxylation is 2. The molecule has 0 aliphatic carbocycles. The summed E-state index contributed by atoms with van der Waals surface area (Å²) in [6.07, 6.45) is 0.